The summed E-state index contributed by atoms with van der Waals surface area (Å²) in [6.07, 6.45) is 7.13. The van der Waals surface area contributed by atoms with Gasteiger partial charge in [0.15, 0.2) is 0 Å². The predicted octanol–water partition coefficient (Wildman–Crippen LogP) is 1.97. The zero-order valence-corrected chi connectivity index (χ0v) is 13.6. The van der Waals surface area contributed by atoms with Gasteiger partial charge < -0.3 is 20.2 Å². The quantitative estimate of drug-likeness (QED) is 0.815. The third-order valence-electron chi connectivity index (χ3n) is 4.59. The van der Waals surface area contributed by atoms with Gasteiger partial charge in [0.2, 0.25) is 0 Å². The van der Waals surface area contributed by atoms with E-state index in [4.69, 9.17) is 0 Å². The van der Waals surface area contributed by atoms with E-state index < -0.39 is 0 Å². The van der Waals surface area contributed by atoms with Crippen LogP contribution in [0.5, 0.6) is 5.75 Å². The van der Waals surface area contributed by atoms with E-state index in [1.165, 1.54) is 6.07 Å². The Morgan fingerprint density at radius 3 is 2.42 bits per heavy atom. The summed E-state index contributed by atoms with van der Waals surface area (Å²) in [6.45, 7) is 1.97. The summed E-state index contributed by atoms with van der Waals surface area (Å²) in [5.74, 6) is -0.196. The van der Waals surface area contributed by atoms with Crippen molar-refractivity contribution in [3.8, 4) is 5.75 Å². The third-order valence-corrected chi connectivity index (χ3v) is 4.59. The van der Waals surface area contributed by atoms with Crippen LogP contribution in [0.3, 0.4) is 0 Å². The Morgan fingerprint density at radius 1 is 1.04 bits per heavy atom. The van der Waals surface area contributed by atoms with E-state index in [2.05, 4.69) is 17.5 Å². The highest BCUT2D eigenvalue weighted by Gasteiger charge is 2.26. The number of piperazine rings is 1. The molecule has 3 amide bonds. The third kappa shape index (κ3) is 3.69. The number of hydrogen-bond acceptors (Lipinski definition) is 3. The van der Waals surface area contributed by atoms with Crippen molar-refractivity contribution in [1.29, 1.82) is 0 Å². The summed E-state index contributed by atoms with van der Waals surface area (Å²) in [7, 11) is 0. The molecule has 2 N–H and O–H groups in total. The van der Waals surface area contributed by atoms with Crippen LogP contribution in [0.1, 0.15) is 29.6 Å². The molecule has 1 aliphatic carbocycles. The lowest BCUT2D eigenvalue weighted by molar-refractivity contribution is 0.0660. The lowest BCUT2D eigenvalue weighted by Gasteiger charge is -2.35. The Kier molecular flexibility index (Phi) is 5.03. The molecule has 1 fully saturated rings. The van der Waals surface area contributed by atoms with Crippen molar-refractivity contribution in [3.63, 3.8) is 0 Å². The van der Waals surface area contributed by atoms with Crippen molar-refractivity contribution in [1.82, 2.24) is 15.1 Å². The second-order valence-corrected chi connectivity index (χ2v) is 6.23. The smallest absolute Gasteiger partial charge is 0.317 e. The van der Waals surface area contributed by atoms with Gasteiger partial charge in [-0.3, -0.25) is 4.79 Å². The molecule has 1 saturated heterocycles. The Hall–Kier alpha value is -2.50. The predicted molar refractivity (Wildman–Crippen MR) is 90.9 cm³/mol. The van der Waals surface area contributed by atoms with Crippen LogP contribution >= 0.6 is 0 Å². The number of benzene rings is 1. The van der Waals surface area contributed by atoms with E-state index in [1.807, 2.05) is 0 Å². The molecule has 1 unspecified atom stereocenters. The molecule has 24 heavy (non-hydrogen) atoms. The summed E-state index contributed by atoms with van der Waals surface area (Å²) in [6, 6.07) is 6.71. The number of nitrogens with one attached hydrogen (secondary N) is 1. The molecular formula is C18H23N3O3. The fourth-order valence-electron chi connectivity index (χ4n) is 3.13. The first-order valence-corrected chi connectivity index (χ1v) is 8.43. The Morgan fingerprint density at radius 2 is 1.75 bits per heavy atom. The topological polar surface area (TPSA) is 72.9 Å². The molecular weight excluding hydrogens is 306 g/mol. The molecule has 0 radical (unpaired) electrons. The van der Waals surface area contributed by atoms with Gasteiger partial charge in [0.05, 0.1) is 5.56 Å². The minimum absolute atomic E-state index is 0.00646. The van der Waals surface area contributed by atoms with Crippen LogP contribution in [0.15, 0.2) is 36.4 Å². The van der Waals surface area contributed by atoms with Crippen molar-refractivity contribution in [2.75, 3.05) is 26.2 Å². The lowest BCUT2D eigenvalue weighted by atomic mass is 10.0. The van der Waals surface area contributed by atoms with Gasteiger partial charge in [0.25, 0.3) is 5.91 Å². The van der Waals surface area contributed by atoms with Gasteiger partial charge in [-0.15, -0.1) is 0 Å². The average molecular weight is 329 g/mol. The molecule has 6 heteroatoms. The fourth-order valence-corrected chi connectivity index (χ4v) is 3.13. The van der Waals surface area contributed by atoms with Crippen LogP contribution < -0.4 is 5.32 Å². The number of phenolic OH excluding ortho intramolecular Hbond substituents is 1. The van der Waals surface area contributed by atoms with Crippen molar-refractivity contribution < 1.29 is 14.7 Å². The van der Waals surface area contributed by atoms with Crippen LogP contribution in [0.4, 0.5) is 4.79 Å². The number of amides is 3. The highest BCUT2D eigenvalue weighted by Crippen LogP contribution is 2.19. The summed E-state index contributed by atoms with van der Waals surface area (Å²) >= 11 is 0. The molecule has 2 aliphatic rings. The zero-order chi connectivity index (χ0) is 16.9. The van der Waals surface area contributed by atoms with Crippen LogP contribution in [0, 0.1) is 0 Å². The van der Waals surface area contributed by atoms with Gasteiger partial charge in [-0.1, -0.05) is 24.3 Å². The van der Waals surface area contributed by atoms with Crippen molar-refractivity contribution in [2.24, 2.45) is 0 Å². The van der Waals surface area contributed by atoms with E-state index in [9.17, 15) is 14.7 Å². The highest BCUT2D eigenvalue weighted by atomic mass is 16.3. The van der Waals surface area contributed by atoms with Gasteiger partial charge in [-0.05, 0) is 31.4 Å². The minimum atomic E-state index is -0.189. The number of aromatic hydroxyl groups is 1. The number of carbonyl (C=O) groups excluding carboxylic acids is 2. The molecule has 1 aliphatic heterocycles. The second-order valence-electron chi connectivity index (χ2n) is 6.23. The maximum Gasteiger partial charge on any atom is 0.317 e. The maximum atomic E-state index is 12.5. The molecule has 0 saturated carbocycles. The summed E-state index contributed by atoms with van der Waals surface area (Å²) in [5, 5.41) is 12.9. The largest absolute Gasteiger partial charge is 0.507 e. The first-order valence-electron chi connectivity index (χ1n) is 8.43. The maximum absolute atomic E-state index is 12.5. The Balaban J connectivity index is 1.52. The number of nitrogens with zero attached hydrogens (tertiary/aromatic N) is 2. The average Bonchev–Trinajstić information content (AvgIpc) is 2.62. The molecule has 1 heterocycles. The van der Waals surface area contributed by atoms with Gasteiger partial charge >= 0.3 is 6.03 Å². The molecule has 3 rings (SSSR count). The molecule has 6 nitrogen and oxygen atoms in total. The molecule has 1 atom stereocenters. The number of rotatable bonds is 2. The van der Waals surface area contributed by atoms with E-state index in [-0.39, 0.29) is 23.7 Å². The van der Waals surface area contributed by atoms with Crippen LogP contribution in [-0.4, -0.2) is 59.1 Å². The molecule has 0 bridgehead atoms. The van der Waals surface area contributed by atoms with Crippen LogP contribution in [-0.2, 0) is 0 Å². The lowest BCUT2D eigenvalue weighted by Crippen LogP contribution is -2.54. The molecule has 1 aromatic rings. The molecule has 128 valence electrons. The van der Waals surface area contributed by atoms with Crippen LogP contribution in [0.2, 0.25) is 0 Å². The molecule has 1 aromatic carbocycles. The standard InChI is InChI=1S/C18H23N3O3/c22-16-9-5-4-8-15(16)17(23)20-10-12-21(13-11-20)18(24)19-14-6-2-1-3-7-14/h1-2,4-5,8-9,14,22H,3,6-7,10-13H2,(H,19,24). The van der Waals surface area contributed by atoms with Gasteiger partial charge in [0.1, 0.15) is 5.75 Å². The summed E-state index contributed by atoms with van der Waals surface area (Å²) < 4.78 is 0. The van der Waals surface area contributed by atoms with Crippen molar-refractivity contribution in [3.05, 3.63) is 42.0 Å². The number of allylic oxidation sites excluding steroid dienone is 1. The normalized spacial score (nSPS) is 20.8. The highest BCUT2D eigenvalue weighted by molar-refractivity contribution is 5.97. The van der Waals surface area contributed by atoms with Crippen molar-refractivity contribution in [2.45, 2.75) is 25.3 Å². The minimum Gasteiger partial charge on any atom is -0.507 e. The molecule has 0 aromatic heterocycles. The number of urea groups is 1. The summed E-state index contributed by atoms with van der Waals surface area (Å²) in [5.41, 5.74) is 0.310. The van der Waals surface area contributed by atoms with Gasteiger partial charge in [-0.25, -0.2) is 4.79 Å². The second kappa shape index (κ2) is 7.38. The Bertz CT molecular complexity index is 636. The SMILES string of the molecule is O=C(NC1CC=CCC1)N1CCN(C(=O)c2ccccc2O)CC1. The number of para-hydroxylation sites is 1. The fraction of sp³-hybridized carbons (Fsp3) is 0.444. The number of phenols is 1. The Labute approximate surface area is 141 Å². The first kappa shape index (κ1) is 16.4. The zero-order valence-electron chi connectivity index (χ0n) is 13.6. The summed E-state index contributed by atoms with van der Waals surface area (Å²) in [4.78, 5) is 28.2. The van der Waals surface area contributed by atoms with Crippen LogP contribution in [0.25, 0.3) is 0 Å². The number of carbonyl (C=O) groups is 2. The van der Waals surface area contributed by atoms with E-state index in [0.717, 1.165) is 19.3 Å². The monoisotopic (exact) mass is 329 g/mol. The van der Waals surface area contributed by atoms with Gasteiger partial charge in [-0.2, -0.15) is 0 Å². The first-order chi connectivity index (χ1) is 11.6. The van der Waals surface area contributed by atoms with E-state index >= 15 is 0 Å². The number of hydrogen-bond donors (Lipinski definition) is 2. The molecule has 0 spiro atoms. The van der Waals surface area contributed by atoms with Gasteiger partial charge in [0, 0.05) is 32.2 Å². The van der Waals surface area contributed by atoms with Crippen molar-refractivity contribution >= 4 is 11.9 Å². The van der Waals surface area contributed by atoms with E-state index in [0.29, 0.717) is 31.7 Å². The van der Waals surface area contributed by atoms with E-state index in [1.54, 1.807) is 28.0 Å².